The van der Waals surface area contributed by atoms with E-state index in [1.165, 1.54) is 0 Å². The lowest BCUT2D eigenvalue weighted by molar-refractivity contribution is 0.336. The molecule has 102 valence electrons. The van der Waals surface area contributed by atoms with Gasteiger partial charge in [-0.25, -0.2) is 0 Å². The second kappa shape index (κ2) is 6.79. The van der Waals surface area contributed by atoms with E-state index in [2.05, 4.69) is 13.8 Å². The van der Waals surface area contributed by atoms with Crippen molar-refractivity contribution in [1.29, 1.82) is 0 Å². The van der Waals surface area contributed by atoms with E-state index in [0.29, 0.717) is 5.75 Å². The van der Waals surface area contributed by atoms with Crippen LogP contribution in [0.25, 0.3) is 0 Å². The van der Waals surface area contributed by atoms with Crippen molar-refractivity contribution < 1.29 is 5.11 Å². The Morgan fingerprint density at radius 2 is 1.67 bits per heavy atom. The molecule has 1 aromatic rings. The van der Waals surface area contributed by atoms with Gasteiger partial charge in [0.2, 0.25) is 0 Å². The minimum absolute atomic E-state index is 0.373. The van der Waals surface area contributed by atoms with Gasteiger partial charge < -0.3 is 10.8 Å². The fraction of sp³-hybridized carbons (Fsp3) is 0.625. The molecule has 0 unspecified atom stereocenters. The van der Waals surface area contributed by atoms with Gasteiger partial charge in [0.1, 0.15) is 5.75 Å². The highest BCUT2D eigenvalue weighted by atomic mass is 16.3. The van der Waals surface area contributed by atoms with Crippen molar-refractivity contribution in [3.8, 4) is 5.75 Å². The molecule has 2 nitrogen and oxygen atoms in total. The van der Waals surface area contributed by atoms with Gasteiger partial charge in [0.05, 0.1) is 0 Å². The third-order valence-electron chi connectivity index (χ3n) is 3.73. The van der Waals surface area contributed by atoms with Crippen LogP contribution >= 0.6 is 0 Å². The number of nitrogens with two attached hydrogens (primary N) is 1. The van der Waals surface area contributed by atoms with Crippen LogP contribution in [0, 0.1) is 6.92 Å². The molecule has 2 heteroatoms. The molecule has 1 rings (SSSR count). The molecule has 0 aromatic heterocycles. The topological polar surface area (TPSA) is 46.2 Å². The Morgan fingerprint density at radius 3 is 2.17 bits per heavy atom. The van der Waals surface area contributed by atoms with Gasteiger partial charge in [-0.1, -0.05) is 57.7 Å². The predicted molar refractivity (Wildman–Crippen MR) is 77.8 cm³/mol. The fourth-order valence-electron chi connectivity index (χ4n) is 2.44. The first-order valence-corrected chi connectivity index (χ1v) is 7.13. The quantitative estimate of drug-likeness (QED) is 0.759. The first-order valence-electron chi connectivity index (χ1n) is 7.13. The van der Waals surface area contributed by atoms with Crippen molar-refractivity contribution in [3.63, 3.8) is 0 Å². The van der Waals surface area contributed by atoms with E-state index in [-0.39, 0.29) is 5.54 Å². The van der Waals surface area contributed by atoms with E-state index in [4.69, 9.17) is 5.73 Å². The largest absolute Gasteiger partial charge is 0.507 e. The third-order valence-corrected chi connectivity index (χ3v) is 3.73. The van der Waals surface area contributed by atoms with Gasteiger partial charge >= 0.3 is 0 Å². The molecular formula is C16H27NO. The van der Waals surface area contributed by atoms with Crippen molar-refractivity contribution >= 4 is 0 Å². The maximum Gasteiger partial charge on any atom is 0.123 e. The van der Waals surface area contributed by atoms with Crippen molar-refractivity contribution in [2.45, 2.75) is 64.8 Å². The Balaban J connectivity index is 3.03. The molecule has 0 heterocycles. The lowest BCUT2D eigenvalue weighted by Gasteiger charge is -2.31. The number of hydrogen-bond donors (Lipinski definition) is 2. The molecule has 0 aliphatic rings. The van der Waals surface area contributed by atoms with Crippen molar-refractivity contribution in [2.24, 2.45) is 5.73 Å². The summed E-state index contributed by atoms with van der Waals surface area (Å²) in [6, 6.07) is 5.90. The van der Waals surface area contributed by atoms with Crippen LogP contribution in [0.15, 0.2) is 18.2 Å². The summed E-state index contributed by atoms with van der Waals surface area (Å²) >= 11 is 0. The van der Waals surface area contributed by atoms with Crippen molar-refractivity contribution in [2.75, 3.05) is 0 Å². The second-order valence-corrected chi connectivity index (χ2v) is 5.33. The molecule has 0 fully saturated rings. The zero-order chi connectivity index (χ0) is 13.6. The number of para-hydroxylation sites is 1. The SMILES string of the molecule is CCCCC(N)(CCCC)c1cccc(C)c1O. The first-order chi connectivity index (χ1) is 8.55. The number of aryl methyl sites for hydroxylation is 1. The summed E-state index contributed by atoms with van der Waals surface area (Å²) in [7, 11) is 0. The summed E-state index contributed by atoms with van der Waals surface area (Å²) in [6.07, 6.45) is 6.37. The molecule has 1 aromatic carbocycles. The Bertz CT molecular complexity index is 365. The number of phenols is 1. The fourth-order valence-corrected chi connectivity index (χ4v) is 2.44. The van der Waals surface area contributed by atoms with Gasteiger partial charge in [-0.15, -0.1) is 0 Å². The van der Waals surface area contributed by atoms with E-state index >= 15 is 0 Å². The summed E-state index contributed by atoms with van der Waals surface area (Å²) in [5, 5.41) is 10.3. The van der Waals surface area contributed by atoms with Gasteiger partial charge in [0.15, 0.2) is 0 Å². The number of aromatic hydroxyl groups is 1. The first kappa shape index (κ1) is 15.0. The molecule has 0 aliphatic heterocycles. The molecule has 18 heavy (non-hydrogen) atoms. The molecule has 0 radical (unpaired) electrons. The van der Waals surface area contributed by atoms with Gasteiger partial charge in [0, 0.05) is 11.1 Å². The van der Waals surface area contributed by atoms with E-state index in [9.17, 15) is 5.11 Å². The van der Waals surface area contributed by atoms with Crippen molar-refractivity contribution in [1.82, 2.24) is 0 Å². The van der Waals surface area contributed by atoms with Crippen LogP contribution in [0.1, 0.15) is 63.5 Å². The predicted octanol–water partition coefficient (Wildman–Crippen LogP) is 4.24. The molecule has 0 amide bonds. The van der Waals surface area contributed by atoms with Crippen LogP contribution in [-0.4, -0.2) is 5.11 Å². The zero-order valence-electron chi connectivity index (χ0n) is 12.0. The molecule has 0 spiro atoms. The molecule has 0 saturated carbocycles. The standard InChI is InChI=1S/C16H27NO/c1-4-6-11-16(17,12-7-5-2)14-10-8-9-13(3)15(14)18/h8-10,18H,4-7,11-12,17H2,1-3H3. The highest BCUT2D eigenvalue weighted by Gasteiger charge is 2.29. The van der Waals surface area contributed by atoms with E-state index in [0.717, 1.165) is 49.7 Å². The summed E-state index contributed by atoms with van der Waals surface area (Å²) in [5.41, 5.74) is 8.06. The molecule has 0 atom stereocenters. The minimum atomic E-state index is -0.373. The van der Waals surface area contributed by atoms with Gasteiger partial charge in [-0.3, -0.25) is 0 Å². The smallest absolute Gasteiger partial charge is 0.123 e. The van der Waals surface area contributed by atoms with Crippen LogP contribution in [0.4, 0.5) is 0 Å². The van der Waals surface area contributed by atoms with Crippen LogP contribution in [0.2, 0.25) is 0 Å². The lowest BCUT2D eigenvalue weighted by atomic mass is 9.80. The van der Waals surface area contributed by atoms with Crippen LogP contribution in [0.3, 0.4) is 0 Å². The Morgan fingerprint density at radius 1 is 1.11 bits per heavy atom. The Kier molecular flexibility index (Phi) is 5.67. The van der Waals surface area contributed by atoms with E-state index in [1.807, 2.05) is 25.1 Å². The zero-order valence-corrected chi connectivity index (χ0v) is 12.0. The van der Waals surface area contributed by atoms with Crippen LogP contribution < -0.4 is 5.73 Å². The van der Waals surface area contributed by atoms with Crippen LogP contribution in [0.5, 0.6) is 5.75 Å². The summed E-state index contributed by atoms with van der Waals surface area (Å²) < 4.78 is 0. The molecule has 0 saturated heterocycles. The Hall–Kier alpha value is -1.02. The van der Waals surface area contributed by atoms with E-state index in [1.54, 1.807) is 0 Å². The van der Waals surface area contributed by atoms with Crippen LogP contribution in [-0.2, 0) is 5.54 Å². The summed E-state index contributed by atoms with van der Waals surface area (Å²) in [6.45, 7) is 6.28. The minimum Gasteiger partial charge on any atom is -0.507 e. The molecule has 0 bridgehead atoms. The monoisotopic (exact) mass is 249 g/mol. The molecule has 0 aliphatic carbocycles. The average molecular weight is 249 g/mol. The van der Waals surface area contributed by atoms with Crippen molar-refractivity contribution in [3.05, 3.63) is 29.3 Å². The van der Waals surface area contributed by atoms with E-state index < -0.39 is 0 Å². The second-order valence-electron chi connectivity index (χ2n) is 5.33. The summed E-state index contributed by atoms with van der Waals surface area (Å²) in [4.78, 5) is 0. The number of unbranched alkanes of at least 4 members (excludes halogenated alkanes) is 2. The molecular weight excluding hydrogens is 222 g/mol. The normalized spacial score (nSPS) is 11.8. The average Bonchev–Trinajstić information content (AvgIpc) is 2.37. The number of rotatable bonds is 7. The highest BCUT2D eigenvalue weighted by Crippen LogP contribution is 2.36. The van der Waals surface area contributed by atoms with Gasteiger partial charge in [0.25, 0.3) is 0 Å². The summed E-state index contributed by atoms with van der Waals surface area (Å²) in [5.74, 6) is 0.382. The number of benzene rings is 1. The highest BCUT2D eigenvalue weighted by molar-refractivity contribution is 5.43. The maximum absolute atomic E-state index is 10.3. The Labute approximate surface area is 111 Å². The molecule has 3 N–H and O–H groups in total. The van der Waals surface area contributed by atoms with Gasteiger partial charge in [-0.2, -0.15) is 0 Å². The van der Waals surface area contributed by atoms with Gasteiger partial charge in [-0.05, 0) is 25.3 Å². The maximum atomic E-state index is 10.3. The third kappa shape index (κ3) is 3.49. The number of phenolic OH excluding ortho intramolecular Hbond substituents is 1. The number of hydrogen-bond acceptors (Lipinski definition) is 2. The lowest BCUT2D eigenvalue weighted by Crippen LogP contribution is -2.36.